The summed E-state index contributed by atoms with van der Waals surface area (Å²) in [6.07, 6.45) is 0. The molecule has 1 nitrogen and oxygen atoms in total. The summed E-state index contributed by atoms with van der Waals surface area (Å²) in [5.41, 5.74) is 0.490. The Morgan fingerprint density at radius 3 is 2.55 bits per heavy atom. The molecule has 0 aromatic heterocycles. The van der Waals surface area contributed by atoms with Gasteiger partial charge in [0.15, 0.2) is 5.78 Å². The Labute approximate surface area is 74.9 Å². The van der Waals surface area contributed by atoms with E-state index in [1.807, 2.05) is 0 Å². The van der Waals surface area contributed by atoms with Gasteiger partial charge >= 0.3 is 0 Å². The number of alkyl halides is 1. The molecule has 11 heavy (non-hydrogen) atoms. The van der Waals surface area contributed by atoms with Crippen LogP contribution in [0.4, 0.5) is 0 Å². The number of ketones is 1. The summed E-state index contributed by atoms with van der Waals surface area (Å²) in [4.78, 5) is 11.0. The van der Waals surface area contributed by atoms with Crippen molar-refractivity contribution in [2.75, 3.05) is 5.88 Å². The molecule has 0 aliphatic rings. The first-order chi connectivity index (χ1) is 5.25. The van der Waals surface area contributed by atoms with Gasteiger partial charge in [-0.15, -0.1) is 11.6 Å². The highest BCUT2D eigenvalue weighted by Gasteiger charge is 2.06. The quantitative estimate of drug-likeness (QED) is 0.516. The van der Waals surface area contributed by atoms with Gasteiger partial charge in [-0.05, 0) is 12.1 Å². The zero-order valence-corrected chi connectivity index (χ0v) is 7.19. The Balaban J connectivity index is 3.03. The van der Waals surface area contributed by atoms with Crippen LogP contribution >= 0.6 is 23.2 Å². The van der Waals surface area contributed by atoms with Crippen molar-refractivity contribution in [2.45, 2.75) is 0 Å². The molecule has 1 aromatic carbocycles. The monoisotopic (exact) mass is 188 g/mol. The topological polar surface area (TPSA) is 17.1 Å². The van der Waals surface area contributed by atoms with E-state index in [-0.39, 0.29) is 11.7 Å². The molecule has 0 saturated carbocycles. The largest absolute Gasteiger partial charge is 0.293 e. The molecule has 0 spiro atoms. The van der Waals surface area contributed by atoms with Crippen molar-refractivity contribution in [2.24, 2.45) is 0 Å². The maximum atomic E-state index is 11.0. The van der Waals surface area contributed by atoms with E-state index in [0.29, 0.717) is 10.6 Å². The molecule has 0 heterocycles. The fourth-order valence-electron chi connectivity index (χ4n) is 0.759. The highest BCUT2D eigenvalue weighted by molar-refractivity contribution is 6.37. The minimum atomic E-state index is -0.141. The second-order valence-electron chi connectivity index (χ2n) is 2.04. The predicted octanol–water partition coefficient (Wildman–Crippen LogP) is 2.76. The van der Waals surface area contributed by atoms with Crippen LogP contribution in [0.1, 0.15) is 10.4 Å². The van der Waals surface area contributed by atoms with Crippen LogP contribution in [0, 0.1) is 0 Å². The van der Waals surface area contributed by atoms with Gasteiger partial charge in [-0.1, -0.05) is 23.7 Å². The molecule has 0 aliphatic carbocycles. The summed E-state index contributed by atoms with van der Waals surface area (Å²) < 4.78 is 0. The lowest BCUT2D eigenvalue weighted by atomic mass is 10.1. The highest BCUT2D eigenvalue weighted by atomic mass is 35.5. The molecule has 0 bridgehead atoms. The van der Waals surface area contributed by atoms with Crippen molar-refractivity contribution in [3.8, 4) is 0 Å². The van der Waals surface area contributed by atoms with E-state index in [1.54, 1.807) is 24.3 Å². The normalized spacial score (nSPS) is 9.64. The van der Waals surface area contributed by atoms with Gasteiger partial charge in [-0.2, -0.15) is 0 Å². The molecule has 0 atom stereocenters. The second kappa shape index (κ2) is 3.74. The first kappa shape index (κ1) is 8.57. The summed E-state index contributed by atoms with van der Waals surface area (Å²) in [6, 6.07) is 6.85. The van der Waals surface area contributed by atoms with E-state index in [0.717, 1.165) is 0 Å². The number of benzene rings is 1. The third-order valence-electron chi connectivity index (χ3n) is 1.30. The maximum absolute atomic E-state index is 11.0. The standard InChI is InChI=1S/C8H6Cl2O/c9-5-8(11)6-3-1-2-4-7(6)10/h1-4H,5H2. The average molecular weight is 189 g/mol. The predicted molar refractivity (Wildman–Crippen MR) is 46.5 cm³/mol. The Morgan fingerprint density at radius 2 is 2.00 bits per heavy atom. The molecule has 1 aromatic rings. The molecule has 0 aliphatic heterocycles. The van der Waals surface area contributed by atoms with Gasteiger partial charge in [0.05, 0.1) is 10.9 Å². The van der Waals surface area contributed by atoms with Crippen molar-refractivity contribution < 1.29 is 4.79 Å². The van der Waals surface area contributed by atoms with Gasteiger partial charge < -0.3 is 0 Å². The maximum Gasteiger partial charge on any atom is 0.179 e. The number of halogens is 2. The van der Waals surface area contributed by atoms with Gasteiger partial charge in [0.1, 0.15) is 0 Å². The van der Waals surface area contributed by atoms with E-state index in [9.17, 15) is 4.79 Å². The van der Waals surface area contributed by atoms with Crippen molar-refractivity contribution in [1.82, 2.24) is 0 Å². The van der Waals surface area contributed by atoms with Crippen molar-refractivity contribution in [3.63, 3.8) is 0 Å². The highest BCUT2D eigenvalue weighted by Crippen LogP contribution is 2.15. The minimum Gasteiger partial charge on any atom is -0.293 e. The Bertz CT molecular complexity index is 271. The molecular formula is C8H6Cl2O. The summed E-state index contributed by atoms with van der Waals surface area (Å²) in [5.74, 6) is -0.165. The third kappa shape index (κ3) is 1.95. The fraction of sp³-hybridized carbons (Fsp3) is 0.125. The number of carbonyl (C=O) groups excluding carboxylic acids is 1. The minimum absolute atomic E-state index is 0.0241. The van der Waals surface area contributed by atoms with Crippen LogP contribution in [-0.4, -0.2) is 11.7 Å². The van der Waals surface area contributed by atoms with E-state index >= 15 is 0 Å². The third-order valence-corrected chi connectivity index (χ3v) is 1.87. The molecular weight excluding hydrogens is 183 g/mol. The number of Topliss-reactive ketones (excluding diaryl/α,β-unsaturated/α-hetero) is 1. The Morgan fingerprint density at radius 1 is 1.36 bits per heavy atom. The van der Waals surface area contributed by atoms with Crippen molar-refractivity contribution in [1.29, 1.82) is 0 Å². The van der Waals surface area contributed by atoms with E-state index in [4.69, 9.17) is 23.2 Å². The summed E-state index contributed by atoms with van der Waals surface area (Å²) in [7, 11) is 0. The Hall–Kier alpha value is -0.530. The van der Waals surface area contributed by atoms with Crippen LogP contribution in [0.15, 0.2) is 24.3 Å². The molecule has 0 N–H and O–H groups in total. The lowest BCUT2D eigenvalue weighted by Crippen LogP contribution is -2.00. The van der Waals surface area contributed by atoms with Crippen molar-refractivity contribution >= 4 is 29.0 Å². The summed E-state index contributed by atoms with van der Waals surface area (Å²) >= 11 is 11.1. The SMILES string of the molecule is O=C(CCl)c1ccccc1Cl. The molecule has 0 fully saturated rings. The molecule has 0 amide bonds. The first-order valence-electron chi connectivity index (χ1n) is 3.09. The van der Waals surface area contributed by atoms with E-state index < -0.39 is 0 Å². The molecule has 0 radical (unpaired) electrons. The lowest BCUT2D eigenvalue weighted by Gasteiger charge is -1.97. The number of hydrogen-bond acceptors (Lipinski definition) is 1. The van der Waals surface area contributed by atoms with Crippen LogP contribution in [0.25, 0.3) is 0 Å². The molecule has 0 saturated heterocycles. The fourth-order valence-corrected chi connectivity index (χ4v) is 1.14. The van der Waals surface area contributed by atoms with Crippen molar-refractivity contribution in [3.05, 3.63) is 34.9 Å². The molecule has 3 heteroatoms. The van der Waals surface area contributed by atoms with Crippen LogP contribution in [0.3, 0.4) is 0 Å². The van der Waals surface area contributed by atoms with Crippen LogP contribution in [0.2, 0.25) is 5.02 Å². The first-order valence-corrected chi connectivity index (χ1v) is 4.00. The number of hydrogen-bond donors (Lipinski definition) is 0. The zero-order valence-electron chi connectivity index (χ0n) is 5.68. The lowest BCUT2D eigenvalue weighted by molar-refractivity contribution is 0.102. The number of carbonyl (C=O) groups is 1. The van der Waals surface area contributed by atoms with Gasteiger partial charge in [0.25, 0.3) is 0 Å². The van der Waals surface area contributed by atoms with Gasteiger partial charge in [-0.3, -0.25) is 4.79 Å². The zero-order chi connectivity index (χ0) is 8.27. The van der Waals surface area contributed by atoms with Gasteiger partial charge in [-0.25, -0.2) is 0 Å². The van der Waals surface area contributed by atoms with E-state index in [2.05, 4.69) is 0 Å². The van der Waals surface area contributed by atoms with Gasteiger partial charge in [0.2, 0.25) is 0 Å². The molecule has 58 valence electrons. The van der Waals surface area contributed by atoms with Gasteiger partial charge in [0, 0.05) is 5.56 Å². The smallest absolute Gasteiger partial charge is 0.179 e. The molecule has 0 unspecified atom stereocenters. The van der Waals surface area contributed by atoms with Crippen LogP contribution < -0.4 is 0 Å². The van der Waals surface area contributed by atoms with E-state index in [1.165, 1.54) is 0 Å². The van der Waals surface area contributed by atoms with Crippen LogP contribution in [-0.2, 0) is 0 Å². The second-order valence-corrected chi connectivity index (χ2v) is 2.71. The van der Waals surface area contributed by atoms with Crippen LogP contribution in [0.5, 0.6) is 0 Å². The summed E-state index contributed by atoms with van der Waals surface area (Å²) in [6.45, 7) is 0. The summed E-state index contributed by atoms with van der Waals surface area (Å²) in [5, 5.41) is 0.457. The molecule has 1 rings (SSSR count). The Kier molecular flexibility index (Phi) is 2.92. The number of rotatable bonds is 2. The average Bonchev–Trinajstić information content (AvgIpc) is 2.04.